The van der Waals surface area contributed by atoms with Crippen molar-refractivity contribution in [2.45, 2.75) is 26.4 Å². The van der Waals surface area contributed by atoms with Crippen molar-refractivity contribution in [2.75, 3.05) is 20.2 Å². The van der Waals surface area contributed by atoms with Gasteiger partial charge < -0.3 is 14.7 Å². The molecule has 0 saturated carbocycles. The van der Waals surface area contributed by atoms with E-state index < -0.39 is 6.10 Å². The third-order valence-corrected chi connectivity index (χ3v) is 2.96. The van der Waals surface area contributed by atoms with E-state index in [1.54, 1.807) is 19.1 Å². The minimum atomic E-state index is -0.652. The number of carbonyl (C=O) groups is 2. The van der Waals surface area contributed by atoms with Crippen molar-refractivity contribution < 1.29 is 19.4 Å². The van der Waals surface area contributed by atoms with Crippen LogP contribution in [0.5, 0.6) is 0 Å². The number of hydrogen-bond acceptors (Lipinski definition) is 4. The first-order valence-electron chi connectivity index (χ1n) is 6.55. The van der Waals surface area contributed by atoms with Crippen LogP contribution in [0.4, 0.5) is 0 Å². The first-order valence-corrected chi connectivity index (χ1v) is 6.55. The van der Waals surface area contributed by atoms with Crippen LogP contribution in [-0.4, -0.2) is 48.2 Å². The van der Waals surface area contributed by atoms with Crippen LogP contribution in [0.15, 0.2) is 24.3 Å². The van der Waals surface area contributed by atoms with Gasteiger partial charge in [-0.2, -0.15) is 0 Å². The Hall–Kier alpha value is -1.88. The highest BCUT2D eigenvalue weighted by Crippen LogP contribution is 2.11. The maximum absolute atomic E-state index is 12.5. The molecule has 0 aliphatic rings. The molecule has 1 N–H and O–H groups in total. The van der Waals surface area contributed by atoms with Gasteiger partial charge in [-0.05, 0) is 25.5 Å². The summed E-state index contributed by atoms with van der Waals surface area (Å²) in [6, 6.07) is 7.25. The number of carbonyl (C=O) groups excluding carboxylic acids is 2. The van der Waals surface area contributed by atoms with Crippen LogP contribution < -0.4 is 0 Å². The van der Waals surface area contributed by atoms with Gasteiger partial charge in [0.1, 0.15) is 0 Å². The molecule has 0 aliphatic carbocycles. The van der Waals surface area contributed by atoms with Gasteiger partial charge in [0.25, 0.3) is 5.91 Å². The lowest BCUT2D eigenvalue weighted by Crippen LogP contribution is -2.38. The molecule has 0 spiro atoms. The van der Waals surface area contributed by atoms with Crippen molar-refractivity contribution in [2.24, 2.45) is 0 Å². The Balaban J connectivity index is 2.84. The summed E-state index contributed by atoms with van der Waals surface area (Å²) in [7, 11) is 1.31. The second kappa shape index (κ2) is 7.65. The normalized spacial score (nSPS) is 11.8. The summed E-state index contributed by atoms with van der Waals surface area (Å²) in [5, 5.41) is 9.50. The molecule has 0 radical (unpaired) electrons. The quantitative estimate of drug-likeness (QED) is 0.799. The van der Waals surface area contributed by atoms with Gasteiger partial charge in [-0.15, -0.1) is 0 Å². The lowest BCUT2D eigenvalue weighted by atomic mass is 10.1. The Morgan fingerprint density at radius 2 is 2.00 bits per heavy atom. The number of rotatable bonds is 6. The van der Waals surface area contributed by atoms with Gasteiger partial charge in [-0.3, -0.25) is 9.59 Å². The Labute approximate surface area is 119 Å². The Bertz CT molecular complexity index is 471. The lowest BCUT2D eigenvalue weighted by Gasteiger charge is -2.24. The first kappa shape index (κ1) is 16.2. The zero-order valence-electron chi connectivity index (χ0n) is 12.1. The third-order valence-electron chi connectivity index (χ3n) is 2.96. The third kappa shape index (κ3) is 4.66. The van der Waals surface area contributed by atoms with Crippen molar-refractivity contribution in [3.05, 3.63) is 35.4 Å². The molecule has 20 heavy (non-hydrogen) atoms. The highest BCUT2D eigenvalue weighted by atomic mass is 16.5. The fourth-order valence-corrected chi connectivity index (χ4v) is 1.91. The standard InChI is InChI=1S/C15H21NO4/c1-11-6-4-5-7-13(11)15(19)16(10-12(2)17)9-8-14(18)20-3/h4-7,12,17H,8-10H2,1-3H3. The van der Waals surface area contributed by atoms with Crippen molar-refractivity contribution >= 4 is 11.9 Å². The molecule has 0 aliphatic heterocycles. The number of methoxy groups -OCH3 is 1. The van der Waals surface area contributed by atoms with E-state index >= 15 is 0 Å². The minimum Gasteiger partial charge on any atom is -0.469 e. The van der Waals surface area contributed by atoms with Crippen molar-refractivity contribution in [1.82, 2.24) is 4.90 Å². The number of benzene rings is 1. The predicted molar refractivity (Wildman–Crippen MR) is 75.4 cm³/mol. The van der Waals surface area contributed by atoms with E-state index in [0.717, 1.165) is 5.56 Å². The molecule has 5 nitrogen and oxygen atoms in total. The lowest BCUT2D eigenvalue weighted by molar-refractivity contribution is -0.140. The fourth-order valence-electron chi connectivity index (χ4n) is 1.91. The number of ether oxygens (including phenoxy) is 1. The molecule has 0 heterocycles. The second-order valence-electron chi connectivity index (χ2n) is 4.74. The van der Waals surface area contributed by atoms with E-state index in [1.807, 2.05) is 19.1 Å². The number of amides is 1. The summed E-state index contributed by atoms with van der Waals surface area (Å²) in [6.07, 6.45) is -0.540. The van der Waals surface area contributed by atoms with Crippen LogP contribution in [0, 0.1) is 6.92 Å². The molecule has 1 aromatic carbocycles. The topological polar surface area (TPSA) is 66.8 Å². The molecule has 1 unspecified atom stereocenters. The highest BCUT2D eigenvalue weighted by molar-refractivity contribution is 5.95. The Kier molecular flexibility index (Phi) is 6.18. The summed E-state index contributed by atoms with van der Waals surface area (Å²) in [5.74, 6) is -0.564. The number of aryl methyl sites for hydroxylation is 1. The van der Waals surface area contributed by atoms with Gasteiger partial charge in [0.2, 0.25) is 0 Å². The highest BCUT2D eigenvalue weighted by Gasteiger charge is 2.19. The summed E-state index contributed by atoms with van der Waals surface area (Å²) < 4.78 is 4.58. The SMILES string of the molecule is COC(=O)CCN(CC(C)O)C(=O)c1ccccc1C. The van der Waals surface area contributed by atoms with E-state index in [9.17, 15) is 14.7 Å². The fraction of sp³-hybridized carbons (Fsp3) is 0.467. The van der Waals surface area contributed by atoms with Gasteiger partial charge >= 0.3 is 5.97 Å². The molecule has 5 heteroatoms. The van der Waals surface area contributed by atoms with Crippen LogP contribution in [0.1, 0.15) is 29.3 Å². The van der Waals surface area contributed by atoms with Gasteiger partial charge in [0.05, 0.1) is 19.6 Å². The molecule has 0 fully saturated rings. The predicted octanol–water partition coefficient (Wildman–Crippen LogP) is 1.38. The zero-order chi connectivity index (χ0) is 15.1. The maximum atomic E-state index is 12.5. The summed E-state index contributed by atoms with van der Waals surface area (Å²) in [6.45, 7) is 3.87. The number of aliphatic hydroxyl groups excluding tert-OH is 1. The number of aliphatic hydroxyl groups is 1. The number of nitrogens with zero attached hydrogens (tertiary/aromatic N) is 1. The molecule has 110 valence electrons. The summed E-state index contributed by atoms with van der Waals surface area (Å²) in [5.41, 5.74) is 1.45. The largest absolute Gasteiger partial charge is 0.469 e. The number of esters is 1. The van der Waals surface area contributed by atoms with Gasteiger partial charge in [-0.1, -0.05) is 18.2 Å². The van der Waals surface area contributed by atoms with Gasteiger partial charge in [-0.25, -0.2) is 0 Å². The molecular weight excluding hydrogens is 258 g/mol. The summed E-state index contributed by atoms with van der Waals surface area (Å²) in [4.78, 5) is 25.1. The molecular formula is C15H21NO4. The van der Waals surface area contributed by atoms with Crippen LogP contribution in [0.3, 0.4) is 0 Å². The zero-order valence-corrected chi connectivity index (χ0v) is 12.1. The van der Waals surface area contributed by atoms with E-state index in [1.165, 1.54) is 12.0 Å². The molecule has 1 aromatic rings. The van der Waals surface area contributed by atoms with E-state index in [2.05, 4.69) is 4.74 Å². The van der Waals surface area contributed by atoms with Crippen LogP contribution >= 0.6 is 0 Å². The Morgan fingerprint density at radius 1 is 1.35 bits per heavy atom. The molecule has 1 amide bonds. The van der Waals surface area contributed by atoms with Crippen molar-refractivity contribution in [1.29, 1.82) is 0 Å². The average Bonchev–Trinajstić information content (AvgIpc) is 2.42. The van der Waals surface area contributed by atoms with Crippen LogP contribution in [0.2, 0.25) is 0 Å². The van der Waals surface area contributed by atoms with Gasteiger partial charge in [0, 0.05) is 18.7 Å². The molecule has 1 atom stereocenters. The summed E-state index contributed by atoms with van der Waals surface area (Å²) >= 11 is 0. The minimum absolute atomic E-state index is 0.112. The first-order chi connectivity index (χ1) is 9.45. The second-order valence-corrected chi connectivity index (χ2v) is 4.74. The maximum Gasteiger partial charge on any atom is 0.307 e. The number of hydrogen-bond donors (Lipinski definition) is 1. The van der Waals surface area contributed by atoms with Crippen molar-refractivity contribution in [3.8, 4) is 0 Å². The van der Waals surface area contributed by atoms with Crippen molar-refractivity contribution in [3.63, 3.8) is 0 Å². The van der Waals surface area contributed by atoms with Crippen LogP contribution in [-0.2, 0) is 9.53 Å². The van der Waals surface area contributed by atoms with E-state index in [-0.39, 0.29) is 31.4 Å². The smallest absolute Gasteiger partial charge is 0.307 e. The molecule has 0 bridgehead atoms. The van der Waals surface area contributed by atoms with E-state index in [4.69, 9.17) is 0 Å². The van der Waals surface area contributed by atoms with Gasteiger partial charge in [0.15, 0.2) is 0 Å². The monoisotopic (exact) mass is 279 g/mol. The average molecular weight is 279 g/mol. The molecule has 0 saturated heterocycles. The van der Waals surface area contributed by atoms with E-state index in [0.29, 0.717) is 5.56 Å². The Morgan fingerprint density at radius 3 is 2.55 bits per heavy atom. The molecule has 1 rings (SSSR count). The molecule has 0 aromatic heterocycles. The van der Waals surface area contributed by atoms with Crippen LogP contribution in [0.25, 0.3) is 0 Å².